The van der Waals surface area contributed by atoms with Gasteiger partial charge < -0.3 is 0 Å². The van der Waals surface area contributed by atoms with Gasteiger partial charge in [0.1, 0.15) is 0 Å². The van der Waals surface area contributed by atoms with E-state index in [9.17, 15) is 0 Å². The molecule has 0 rings (SSSR count). The second-order valence-electron chi connectivity index (χ2n) is 0. The molecule has 0 unspecified atom stereocenters. The average Bonchev–Trinajstić information content (AvgIpc) is 0. The molecule has 30 heavy (non-hydrogen) atoms. The van der Waals surface area contributed by atoms with E-state index >= 15 is 0 Å². The van der Waals surface area contributed by atoms with E-state index in [1.807, 2.05) is 0 Å². The molecule has 0 fully saturated rings. The summed E-state index contributed by atoms with van der Waals surface area (Å²) in [5, 5.41) is 0. The summed E-state index contributed by atoms with van der Waals surface area (Å²) >= 11 is 0. The first-order valence-corrected chi connectivity index (χ1v) is 0. The van der Waals surface area contributed by atoms with Crippen LogP contribution in [-0.2, 0) is 589 Å². The maximum absolute atomic E-state index is 0. The van der Waals surface area contributed by atoms with Crippen LogP contribution in [0.1, 0.15) is 89.1 Å². The van der Waals surface area contributed by atoms with Crippen LogP contribution in [0, 0.1) is 0 Å². The Balaban J connectivity index is 0. The van der Waals surface area contributed by atoms with Gasteiger partial charge in [-0.15, -0.1) is 0 Å². The minimum absolute atomic E-state index is 0. The molecule has 0 N–H and O–H groups in total. The zero-order valence-electron chi connectivity index (χ0n) is 10.4. The van der Waals surface area contributed by atoms with Crippen LogP contribution in [0.25, 0.3) is 0 Å². The Labute approximate surface area is 655 Å². The van der Waals surface area contributed by atoms with E-state index in [4.69, 9.17) is 0 Å². The molecule has 150 valence electrons. The third-order valence-electron chi connectivity index (χ3n) is 0. The van der Waals surface area contributed by atoms with Gasteiger partial charge in [-0.3, -0.25) is 0 Å². The van der Waals surface area contributed by atoms with Crippen LogP contribution in [0.15, 0.2) is 0 Å². The predicted molar refractivity (Wildman–Crippen MR) is 80.8 cm³/mol. The van der Waals surface area contributed by atoms with Gasteiger partial charge in [-0.2, -0.15) is 0 Å². The van der Waals surface area contributed by atoms with Gasteiger partial charge in [-0.05, 0) is 0 Å². The second-order valence-corrected chi connectivity index (χ2v) is 0. The summed E-state index contributed by atoms with van der Waals surface area (Å²) in [5.74, 6) is 0. The molecule has 0 saturated heterocycles. The predicted octanol–water partition coefficient (Wildman–Crippen LogP) is 7.59. The molecule has 18 radical (unpaired) electrons. The monoisotopic (exact) mass is 1790 g/mol. The molecule has 0 nitrogen and oxygen atoms in total. The SMILES string of the molecule is C.C.C.C.C.C.C.C.C.C.C.C.[Y].[Y].[Y].[Y].[Y].[Y].[Y].[Y].[Y].[Y].[Y].[Y].[Y].[Y].[Y].[Y].[Y].[Y]. The Kier molecular flexibility index (Phi) is 2850. The Bertz CT molecular complexity index is 29.1. The molecular formula is C12H48Y18. The van der Waals surface area contributed by atoms with Gasteiger partial charge in [-0.25, -0.2) is 0 Å². The van der Waals surface area contributed by atoms with Crippen LogP contribution in [0.4, 0.5) is 0 Å². The van der Waals surface area contributed by atoms with E-state index < -0.39 is 0 Å². The third-order valence-corrected chi connectivity index (χ3v) is 0. The average molecular weight is 1790 g/mol. The minimum atomic E-state index is 0. The summed E-state index contributed by atoms with van der Waals surface area (Å²) in [6, 6.07) is 0. The van der Waals surface area contributed by atoms with E-state index in [0.29, 0.717) is 0 Å². The van der Waals surface area contributed by atoms with Gasteiger partial charge in [0.2, 0.25) is 0 Å². The van der Waals surface area contributed by atoms with Crippen molar-refractivity contribution in [3.63, 3.8) is 0 Å². The van der Waals surface area contributed by atoms with Crippen LogP contribution in [0.2, 0.25) is 0 Å². The van der Waals surface area contributed by atoms with Gasteiger partial charge in [0, 0.05) is 589 Å². The molecule has 0 heterocycles. The van der Waals surface area contributed by atoms with Crippen molar-refractivity contribution in [3.8, 4) is 0 Å². The molecule has 0 amide bonds. The molecule has 0 spiro atoms. The van der Waals surface area contributed by atoms with Crippen molar-refractivity contribution in [2.75, 3.05) is 0 Å². The molecular weight excluding hydrogens is 1740 g/mol. The normalized spacial score (nSPS) is 0. The molecule has 0 aliphatic carbocycles. The zero-order chi connectivity index (χ0) is 0. The first kappa shape index (κ1) is 302. The summed E-state index contributed by atoms with van der Waals surface area (Å²) < 4.78 is 0. The van der Waals surface area contributed by atoms with Crippen LogP contribution >= 0.6 is 0 Å². The van der Waals surface area contributed by atoms with E-state index in [0.717, 1.165) is 0 Å². The van der Waals surface area contributed by atoms with Crippen molar-refractivity contribution in [1.29, 1.82) is 0 Å². The fraction of sp³-hybridized carbons (Fsp3) is 1.00. The quantitative estimate of drug-likeness (QED) is 0.235. The van der Waals surface area contributed by atoms with Gasteiger partial charge >= 0.3 is 0 Å². The molecule has 0 aliphatic heterocycles. The number of hydrogen-bond donors (Lipinski definition) is 0. The van der Waals surface area contributed by atoms with Crippen molar-refractivity contribution in [3.05, 3.63) is 0 Å². The zero-order valence-corrected chi connectivity index (χ0v) is 61.5. The Morgan fingerprint density at radius 3 is 0.0667 bits per heavy atom. The van der Waals surface area contributed by atoms with Crippen molar-refractivity contribution in [2.24, 2.45) is 0 Å². The largest absolute Gasteiger partial charge is 0.0776 e. The molecule has 0 aromatic rings. The molecule has 0 atom stereocenters. The van der Waals surface area contributed by atoms with Crippen molar-refractivity contribution >= 4 is 0 Å². The van der Waals surface area contributed by atoms with Crippen LogP contribution in [-0.4, -0.2) is 0 Å². The van der Waals surface area contributed by atoms with Gasteiger partial charge in [0.15, 0.2) is 0 Å². The van der Waals surface area contributed by atoms with E-state index in [1.165, 1.54) is 0 Å². The Hall–Kier alpha value is 19.9. The first-order valence-electron chi connectivity index (χ1n) is 0. The topological polar surface area (TPSA) is 0 Å². The number of rotatable bonds is 0. The van der Waals surface area contributed by atoms with E-state index in [2.05, 4.69) is 0 Å². The number of hydrogen-bond acceptors (Lipinski definition) is 0. The Morgan fingerprint density at radius 1 is 0.0667 bits per heavy atom. The van der Waals surface area contributed by atoms with Crippen LogP contribution in [0.5, 0.6) is 0 Å². The first-order chi connectivity index (χ1) is 0. The smallest absolute Gasteiger partial charge is 0 e. The summed E-state index contributed by atoms with van der Waals surface area (Å²) in [7, 11) is 0. The molecule has 0 aromatic carbocycles. The summed E-state index contributed by atoms with van der Waals surface area (Å²) in [4.78, 5) is 0. The summed E-state index contributed by atoms with van der Waals surface area (Å²) in [5.41, 5.74) is 0. The van der Waals surface area contributed by atoms with Crippen molar-refractivity contribution < 1.29 is 589 Å². The minimum Gasteiger partial charge on any atom is -0.0776 e. The molecule has 0 aromatic heterocycles. The van der Waals surface area contributed by atoms with Gasteiger partial charge in [0.25, 0.3) is 0 Å². The standard InChI is InChI=1S/12CH4.18Y/h12*1H4;;;;;;;;;;;;;;;;;;. The summed E-state index contributed by atoms with van der Waals surface area (Å²) in [6.45, 7) is 0. The van der Waals surface area contributed by atoms with E-state index in [-0.39, 0.29) is 678 Å². The van der Waals surface area contributed by atoms with E-state index in [1.54, 1.807) is 0 Å². The Morgan fingerprint density at radius 2 is 0.0667 bits per heavy atom. The maximum atomic E-state index is 0. The third kappa shape index (κ3) is 266. The van der Waals surface area contributed by atoms with Gasteiger partial charge in [0.05, 0.1) is 0 Å². The fourth-order valence-electron chi connectivity index (χ4n) is 0. The maximum Gasteiger partial charge on any atom is 0 e. The molecule has 0 saturated carbocycles. The van der Waals surface area contributed by atoms with Crippen LogP contribution < -0.4 is 0 Å². The van der Waals surface area contributed by atoms with Crippen molar-refractivity contribution in [1.82, 2.24) is 0 Å². The molecule has 0 aliphatic rings. The second kappa shape index (κ2) is 284. The van der Waals surface area contributed by atoms with Crippen molar-refractivity contribution in [2.45, 2.75) is 89.1 Å². The summed E-state index contributed by atoms with van der Waals surface area (Å²) in [6.07, 6.45) is 0. The fourth-order valence-corrected chi connectivity index (χ4v) is 0. The molecule has 0 bridgehead atoms. The molecule has 18 heteroatoms. The van der Waals surface area contributed by atoms with Crippen LogP contribution in [0.3, 0.4) is 0 Å². The van der Waals surface area contributed by atoms with Gasteiger partial charge in [-0.1, -0.05) is 89.1 Å².